The first-order valence-corrected chi connectivity index (χ1v) is 11.7. The summed E-state index contributed by atoms with van der Waals surface area (Å²) in [7, 11) is -3.33. The van der Waals surface area contributed by atoms with E-state index < -0.39 is 10.0 Å². The molecule has 0 saturated heterocycles. The van der Waals surface area contributed by atoms with E-state index in [-0.39, 0.29) is 12.0 Å². The second-order valence-corrected chi connectivity index (χ2v) is 10.0. The molecular formula is C20H31N5O2S. The number of aryl methyl sites for hydroxylation is 2. The van der Waals surface area contributed by atoms with Gasteiger partial charge in [-0.25, -0.2) is 13.1 Å². The molecule has 28 heavy (non-hydrogen) atoms. The second kappa shape index (κ2) is 8.31. The van der Waals surface area contributed by atoms with Crippen molar-refractivity contribution in [1.29, 1.82) is 0 Å². The fourth-order valence-corrected chi connectivity index (χ4v) is 4.75. The third kappa shape index (κ3) is 5.18. The highest BCUT2D eigenvalue weighted by Gasteiger charge is 2.28. The van der Waals surface area contributed by atoms with Crippen LogP contribution in [0.4, 0.5) is 0 Å². The van der Waals surface area contributed by atoms with Crippen LogP contribution in [0.15, 0.2) is 18.2 Å². The fraction of sp³-hybridized carbons (Fsp3) is 0.600. The first kappa shape index (κ1) is 21.0. The largest absolute Gasteiger partial charge is 0.312 e. The van der Waals surface area contributed by atoms with E-state index >= 15 is 0 Å². The number of benzene rings is 1. The summed E-state index contributed by atoms with van der Waals surface area (Å²) < 4.78 is 28.5. The minimum absolute atomic E-state index is 0.0812. The molecule has 7 nitrogen and oxygen atoms in total. The molecule has 0 amide bonds. The molecule has 1 atom stereocenters. The molecule has 8 heteroatoms. The van der Waals surface area contributed by atoms with Gasteiger partial charge in [0.05, 0.1) is 12.3 Å². The zero-order valence-corrected chi connectivity index (χ0v) is 18.3. The van der Waals surface area contributed by atoms with Gasteiger partial charge in [0.1, 0.15) is 5.82 Å². The van der Waals surface area contributed by atoms with Crippen molar-refractivity contribution in [3.8, 4) is 0 Å². The van der Waals surface area contributed by atoms with Crippen molar-refractivity contribution in [2.24, 2.45) is 5.92 Å². The fourth-order valence-electron chi connectivity index (χ4n) is 3.91. The lowest BCUT2D eigenvalue weighted by atomic mass is 10.1. The monoisotopic (exact) mass is 405 g/mol. The lowest BCUT2D eigenvalue weighted by molar-refractivity contribution is 0.269. The Morgan fingerprint density at radius 3 is 2.36 bits per heavy atom. The predicted octanol–water partition coefficient (Wildman–Crippen LogP) is 2.20. The zero-order chi connectivity index (χ0) is 20.5. The summed E-state index contributed by atoms with van der Waals surface area (Å²) >= 11 is 0. The van der Waals surface area contributed by atoms with Gasteiger partial charge in [-0.3, -0.25) is 4.90 Å². The van der Waals surface area contributed by atoms with Crippen molar-refractivity contribution < 1.29 is 8.42 Å². The van der Waals surface area contributed by atoms with Gasteiger partial charge >= 0.3 is 0 Å². The predicted molar refractivity (Wildman–Crippen MR) is 110 cm³/mol. The molecule has 0 saturated carbocycles. The van der Waals surface area contributed by atoms with Gasteiger partial charge in [-0.05, 0) is 25.3 Å². The average molecular weight is 406 g/mol. The Morgan fingerprint density at radius 2 is 1.75 bits per heavy atom. The molecular weight excluding hydrogens is 374 g/mol. The zero-order valence-electron chi connectivity index (χ0n) is 17.4. The van der Waals surface area contributed by atoms with E-state index in [0.717, 1.165) is 38.4 Å². The highest BCUT2D eigenvalue weighted by Crippen LogP contribution is 2.23. The maximum atomic E-state index is 11.8. The first-order valence-electron chi connectivity index (χ1n) is 9.81. The van der Waals surface area contributed by atoms with Crippen LogP contribution in [0.3, 0.4) is 0 Å². The number of aromatic nitrogens is 3. The smallest absolute Gasteiger partial charge is 0.209 e. The van der Waals surface area contributed by atoms with Gasteiger partial charge in [-0.2, -0.15) is 0 Å². The summed E-state index contributed by atoms with van der Waals surface area (Å²) in [5.41, 5.74) is 3.90. The summed E-state index contributed by atoms with van der Waals surface area (Å²) in [5, 5.41) is 8.72. The van der Waals surface area contributed by atoms with Crippen LogP contribution in [0.25, 0.3) is 0 Å². The Kier molecular flexibility index (Phi) is 6.21. The molecule has 2 heterocycles. The van der Waals surface area contributed by atoms with Crippen LogP contribution in [0.2, 0.25) is 0 Å². The number of nitrogens with one attached hydrogen (secondary N) is 1. The van der Waals surface area contributed by atoms with Crippen LogP contribution in [0, 0.1) is 19.8 Å². The number of sulfonamides is 1. The lowest BCUT2D eigenvalue weighted by Gasteiger charge is -2.23. The van der Waals surface area contributed by atoms with Gasteiger partial charge in [0.15, 0.2) is 5.82 Å². The van der Waals surface area contributed by atoms with E-state index in [1.54, 1.807) is 0 Å². The van der Waals surface area contributed by atoms with Crippen molar-refractivity contribution >= 4 is 10.0 Å². The van der Waals surface area contributed by atoms with E-state index in [4.69, 9.17) is 0 Å². The molecule has 3 rings (SSSR count). The molecule has 1 aromatic carbocycles. The Hall–Kier alpha value is -1.77. The van der Waals surface area contributed by atoms with Crippen LogP contribution in [0.5, 0.6) is 0 Å². The van der Waals surface area contributed by atoms with Crippen molar-refractivity contribution in [2.75, 3.05) is 19.3 Å². The number of rotatable bonds is 6. The van der Waals surface area contributed by atoms with E-state index in [2.05, 4.69) is 56.4 Å². The maximum Gasteiger partial charge on any atom is 0.209 e. The number of nitrogens with zero attached hydrogens (tertiary/aromatic N) is 4. The van der Waals surface area contributed by atoms with Crippen LogP contribution in [-0.2, 0) is 29.5 Å². The number of fused-ring (bicyclic) bond motifs is 1. The molecule has 0 fully saturated rings. The number of hydrogen-bond donors (Lipinski definition) is 1. The Labute approximate surface area is 168 Å². The van der Waals surface area contributed by atoms with Gasteiger partial charge in [0, 0.05) is 32.6 Å². The quantitative estimate of drug-likeness (QED) is 0.797. The van der Waals surface area contributed by atoms with Gasteiger partial charge in [0.2, 0.25) is 10.0 Å². The van der Waals surface area contributed by atoms with Crippen LogP contribution in [0.1, 0.15) is 48.2 Å². The van der Waals surface area contributed by atoms with Crippen molar-refractivity contribution in [2.45, 2.75) is 53.2 Å². The standard InChI is InChI=1S/C20H31N5O2S/c1-14(2)19(23-28(5,26)27)20-22-21-18-6-7-24(8-9-25(18)20)13-17-11-15(3)10-16(4)12-17/h10-12,14,19,23H,6-9,13H2,1-5H3. The third-order valence-electron chi connectivity index (χ3n) is 5.12. The summed E-state index contributed by atoms with van der Waals surface area (Å²) in [6.07, 6.45) is 2.00. The van der Waals surface area contributed by atoms with Crippen LogP contribution >= 0.6 is 0 Å². The highest BCUT2D eigenvalue weighted by molar-refractivity contribution is 7.88. The normalized spacial score (nSPS) is 16.8. The maximum absolute atomic E-state index is 11.8. The van der Waals surface area contributed by atoms with Crippen molar-refractivity contribution in [3.05, 3.63) is 46.5 Å². The van der Waals surface area contributed by atoms with Gasteiger partial charge < -0.3 is 4.57 Å². The minimum atomic E-state index is -3.33. The molecule has 1 N–H and O–H groups in total. The average Bonchev–Trinajstić information content (AvgIpc) is 2.85. The van der Waals surface area contributed by atoms with E-state index in [0.29, 0.717) is 5.82 Å². The summed E-state index contributed by atoms with van der Waals surface area (Å²) in [5.74, 6) is 1.72. The third-order valence-corrected chi connectivity index (χ3v) is 5.80. The molecule has 0 bridgehead atoms. The van der Waals surface area contributed by atoms with Crippen molar-refractivity contribution in [1.82, 2.24) is 24.4 Å². The molecule has 1 unspecified atom stereocenters. The van der Waals surface area contributed by atoms with Crippen LogP contribution < -0.4 is 4.72 Å². The SMILES string of the molecule is Cc1cc(C)cc(CN2CCc3nnc(C(NS(C)(=O)=O)C(C)C)n3CC2)c1. The van der Waals surface area contributed by atoms with Gasteiger partial charge in [-0.15, -0.1) is 10.2 Å². The summed E-state index contributed by atoms with van der Waals surface area (Å²) in [6.45, 7) is 11.7. The molecule has 1 aliphatic rings. The minimum Gasteiger partial charge on any atom is -0.312 e. The molecule has 0 radical (unpaired) electrons. The van der Waals surface area contributed by atoms with E-state index in [1.165, 1.54) is 22.9 Å². The van der Waals surface area contributed by atoms with E-state index in [1.807, 2.05) is 13.8 Å². The van der Waals surface area contributed by atoms with Gasteiger partial charge in [-0.1, -0.05) is 43.2 Å². The highest BCUT2D eigenvalue weighted by atomic mass is 32.2. The van der Waals surface area contributed by atoms with E-state index in [9.17, 15) is 8.42 Å². The molecule has 0 spiro atoms. The molecule has 154 valence electrons. The van der Waals surface area contributed by atoms with Crippen LogP contribution in [-0.4, -0.2) is 47.4 Å². The first-order chi connectivity index (χ1) is 13.1. The molecule has 1 aromatic heterocycles. The molecule has 0 aliphatic carbocycles. The summed E-state index contributed by atoms with van der Waals surface area (Å²) in [6, 6.07) is 6.31. The number of hydrogen-bond acceptors (Lipinski definition) is 5. The Morgan fingerprint density at radius 1 is 1.07 bits per heavy atom. The topological polar surface area (TPSA) is 80.1 Å². The van der Waals surface area contributed by atoms with Gasteiger partial charge in [0.25, 0.3) is 0 Å². The summed E-state index contributed by atoms with van der Waals surface area (Å²) in [4.78, 5) is 2.43. The Bertz CT molecular complexity index is 916. The Balaban J connectivity index is 1.77. The molecule has 1 aliphatic heterocycles. The van der Waals surface area contributed by atoms with Crippen molar-refractivity contribution in [3.63, 3.8) is 0 Å². The molecule has 2 aromatic rings. The lowest BCUT2D eigenvalue weighted by Crippen LogP contribution is -2.33. The second-order valence-electron chi connectivity index (χ2n) is 8.26.